The number of carboxylic acid groups (broad SMARTS) is 1. The van der Waals surface area contributed by atoms with Crippen LogP contribution >= 0.6 is 0 Å². The van der Waals surface area contributed by atoms with Crippen LogP contribution in [0.2, 0.25) is 0 Å². The van der Waals surface area contributed by atoms with Crippen LogP contribution in [0.3, 0.4) is 0 Å². The van der Waals surface area contributed by atoms with Gasteiger partial charge in [0, 0.05) is 12.5 Å². The van der Waals surface area contributed by atoms with Gasteiger partial charge in [-0.2, -0.15) is 0 Å². The van der Waals surface area contributed by atoms with Crippen molar-refractivity contribution in [2.24, 2.45) is 17.6 Å². The molecular formula is C12H24N2O3. The summed E-state index contributed by atoms with van der Waals surface area (Å²) < 4.78 is 0. The fraction of sp³-hybridized carbons (Fsp3) is 0.833. The van der Waals surface area contributed by atoms with E-state index in [1.807, 2.05) is 20.8 Å². The maximum atomic E-state index is 11.6. The van der Waals surface area contributed by atoms with Crippen LogP contribution in [0.4, 0.5) is 0 Å². The van der Waals surface area contributed by atoms with Crippen molar-refractivity contribution < 1.29 is 14.7 Å². The van der Waals surface area contributed by atoms with E-state index in [1.54, 1.807) is 0 Å². The van der Waals surface area contributed by atoms with Crippen molar-refractivity contribution in [2.45, 2.75) is 46.1 Å². The highest BCUT2D eigenvalue weighted by Gasteiger charge is 2.15. The molecule has 2 atom stereocenters. The van der Waals surface area contributed by atoms with Gasteiger partial charge in [0.1, 0.15) is 6.04 Å². The molecule has 0 spiro atoms. The van der Waals surface area contributed by atoms with Gasteiger partial charge in [0.25, 0.3) is 0 Å². The lowest BCUT2D eigenvalue weighted by Gasteiger charge is -2.15. The van der Waals surface area contributed by atoms with Gasteiger partial charge in [0.2, 0.25) is 5.91 Å². The highest BCUT2D eigenvalue weighted by Crippen LogP contribution is 2.09. The first-order valence-corrected chi connectivity index (χ1v) is 6.12. The fourth-order valence-electron chi connectivity index (χ4n) is 1.29. The van der Waals surface area contributed by atoms with Crippen molar-refractivity contribution in [3.63, 3.8) is 0 Å². The normalized spacial score (nSPS) is 14.4. The molecule has 0 aromatic carbocycles. The van der Waals surface area contributed by atoms with E-state index < -0.39 is 12.0 Å². The van der Waals surface area contributed by atoms with Crippen molar-refractivity contribution in [1.82, 2.24) is 5.32 Å². The zero-order valence-corrected chi connectivity index (χ0v) is 10.9. The van der Waals surface area contributed by atoms with Crippen LogP contribution < -0.4 is 11.1 Å². The quantitative estimate of drug-likeness (QED) is 0.555. The summed E-state index contributed by atoms with van der Waals surface area (Å²) in [7, 11) is 0. The van der Waals surface area contributed by atoms with Gasteiger partial charge in [-0.05, 0) is 25.2 Å². The molecule has 0 bridgehead atoms. The summed E-state index contributed by atoms with van der Waals surface area (Å²) in [5, 5.41) is 11.4. The molecule has 0 aliphatic heterocycles. The Kier molecular flexibility index (Phi) is 7.54. The largest absolute Gasteiger partial charge is 0.480 e. The van der Waals surface area contributed by atoms with E-state index in [4.69, 9.17) is 10.8 Å². The number of carboxylic acids is 1. The molecule has 5 heteroatoms. The Morgan fingerprint density at radius 2 is 1.82 bits per heavy atom. The Morgan fingerprint density at radius 1 is 1.24 bits per heavy atom. The van der Waals surface area contributed by atoms with E-state index in [9.17, 15) is 9.59 Å². The highest BCUT2D eigenvalue weighted by atomic mass is 16.4. The first-order chi connectivity index (χ1) is 7.86. The van der Waals surface area contributed by atoms with Gasteiger partial charge >= 0.3 is 5.97 Å². The third-order valence-electron chi connectivity index (χ3n) is 2.97. The molecule has 0 aliphatic rings. The van der Waals surface area contributed by atoms with Crippen molar-refractivity contribution in [3.8, 4) is 0 Å². The predicted octanol–water partition coefficient (Wildman–Crippen LogP) is 0.977. The minimum Gasteiger partial charge on any atom is -0.480 e. The van der Waals surface area contributed by atoms with E-state index in [0.717, 1.165) is 6.42 Å². The number of nitrogens with two attached hydrogens (primary N) is 1. The first kappa shape index (κ1) is 15.9. The summed E-state index contributed by atoms with van der Waals surface area (Å²) in [5.41, 5.74) is 5.36. The molecule has 0 fully saturated rings. The molecule has 4 N–H and O–H groups in total. The topological polar surface area (TPSA) is 92.4 Å². The monoisotopic (exact) mass is 244 g/mol. The number of unbranched alkanes of at least 4 members (excludes halogenated alkanes) is 1. The van der Waals surface area contributed by atoms with E-state index in [2.05, 4.69) is 5.32 Å². The molecule has 0 heterocycles. The van der Waals surface area contributed by atoms with Gasteiger partial charge in [-0.1, -0.05) is 20.8 Å². The van der Waals surface area contributed by atoms with Gasteiger partial charge in [-0.25, -0.2) is 0 Å². The van der Waals surface area contributed by atoms with Crippen molar-refractivity contribution in [3.05, 3.63) is 0 Å². The molecule has 17 heavy (non-hydrogen) atoms. The second-order valence-corrected chi connectivity index (χ2v) is 4.76. The number of rotatable bonds is 8. The summed E-state index contributed by atoms with van der Waals surface area (Å²) in [6.07, 6.45) is 1.92. The van der Waals surface area contributed by atoms with Crippen LogP contribution in [0.1, 0.15) is 40.0 Å². The molecule has 0 aliphatic carbocycles. The molecule has 100 valence electrons. The fourth-order valence-corrected chi connectivity index (χ4v) is 1.29. The van der Waals surface area contributed by atoms with E-state index in [-0.39, 0.29) is 11.8 Å². The Morgan fingerprint density at radius 3 is 2.29 bits per heavy atom. The SMILES string of the molecule is CC(C)C(C)C(=O)NCCCCC(N)C(=O)O. The second kappa shape index (κ2) is 8.06. The van der Waals surface area contributed by atoms with Crippen LogP contribution in [0, 0.1) is 11.8 Å². The average molecular weight is 244 g/mol. The maximum Gasteiger partial charge on any atom is 0.320 e. The number of hydrogen-bond acceptors (Lipinski definition) is 3. The molecule has 2 unspecified atom stereocenters. The third-order valence-corrected chi connectivity index (χ3v) is 2.97. The summed E-state index contributed by atoms with van der Waals surface area (Å²) in [4.78, 5) is 22.0. The Bertz CT molecular complexity index is 254. The molecule has 0 rings (SSSR count). The average Bonchev–Trinajstić information content (AvgIpc) is 2.26. The number of carbonyl (C=O) groups excluding carboxylic acids is 1. The zero-order chi connectivity index (χ0) is 13.4. The third kappa shape index (κ3) is 6.94. The molecule has 0 saturated heterocycles. The molecule has 0 radical (unpaired) electrons. The number of carbonyl (C=O) groups is 2. The molecule has 0 aromatic heterocycles. The Labute approximate surface area is 103 Å². The first-order valence-electron chi connectivity index (χ1n) is 6.12. The lowest BCUT2D eigenvalue weighted by Crippen LogP contribution is -2.33. The number of hydrogen-bond donors (Lipinski definition) is 3. The van der Waals surface area contributed by atoms with Gasteiger partial charge < -0.3 is 16.2 Å². The second-order valence-electron chi connectivity index (χ2n) is 4.76. The van der Waals surface area contributed by atoms with Crippen LogP contribution in [0.5, 0.6) is 0 Å². The minimum atomic E-state index is -0.970. The zero-order valence-electron chi connectivity index (χ0n) is 10.9. The van der Waals surface area contributed by atoms with Crippen LogP contribution in [-0.4, -0.2) is 29.6 Å². The predicted molar refractivity (Wildman–Crippen MR) is 66.5 cm³/mol. The highest BCUT2D eigenvalue weighted by molar-refractivity contribution is 5.78. The van der Waals surface area contributed by atoms with E-state index >= 15 is 0 Å². The smallest absolute Gasteiger partial charge is 0.320 e. The Hall–Kier alpha value is -1.10. The van der Waals surface area contributed by atoms with Gasteiger partial charge in [0.15, 0.2) is 0 Å². The standard InChI is InChI=1S/C12H24N2O3/c1-8(2)9(3)11(15)14-7-5-4-6-10(13)12(16)17/h8-10H,4-7,13H2,1-3H3,(H,14,15)(H,16,17). The summed E-state index contributed by atoms with van der Waals surface area (Å²) in [6.45, 7) is 6.51. The van der Waals surface area contributed by atoms with E-state index in [0.29, 0.717) is 25.3 Å². The van der Waals surface area contributed by atoms with Crippen LogP contribution in [0.15, 0.2) is 0 Å². The van der Waals surface area contributed by atoms with Crippen molar-refractivity contribution in [1.29, 1.82) is 0 Å². The number of amides is 1. The lowest BCUT2D eigenvalue weighted by atomic mass is 9.97. The van der Waals surface area contributed by atoms with E-state index in [1.165, 1.54) is 0 Å². The van der Waals surface area contributed by atoms with Crippen LogP contribution in [0.25, 0.3) is 0 Å². The molecule has 1 amide bonds. The lowest BCUT2D eigenvalue weighted by molar-refractivity contribution is -0.138. The van der Waals surface area contributed by atoms with Gasteiger partial charge in [-0.3, -0.25) is 9.59 Å². The molecular weight excluding hydrogens is 220 g/mol. The summed E-state index contributed by atoms with van der Waals surface area (Å²) >= 11 is 0. The minimum absolute atomic E-state index is 0.0104. The molecule has 0 saturated carbocycles. The summed E-state index contributed by atoms with van der Waals surface area (Å²) in [5.74, 6) is -0.572. The maximum absolute atomic E-state index is 11.6. The molecule has 0 aromatic rings. The molecule has 5 nitrogen and oxygen atoms in total. The van der Waals surface area contributed by atoms with Gasteiger partial charge in [0.05, 0.1) is 0 Å². The number of nitrogens with one attached hydrogen (secondary N) is 1. The van der Waals surface area contributed by atoms with Crippen molar-refractivity contribution in [2.75, 3.05) is 6.54 Å². The van der Waals surface area contributed by atoms with Gasteiger partial charge in [-0.15, -0.1) is 0 Å². The van der Waals surface area contributed by atoms with Crippen LogP contribution in [-0.2, 0) is 9.59 Å². The van der Waals surface area contributed by atoms with Crippen molar-refractivity contribution >= 4 is 11.9 Å². The Balaban J connectivity index is 3.59. The summed E-state index contributed by atoms with van der Waals surface area (Å²) in [6, 6.07) is -0.791. The number of aliphatic carboxylic acids is 1.